The molecule has 0 unspecified atom stereocenters. The molecule has 1 fully saturated rings. The van der Waals surface area contributed by atoms with Crippen LogP contribution in [0.5, 0.6) is 0 Å². The third-order valence-corrected chi connectivity index (χ3v) is 5.82. The molecule has 1 atom stereocenters. The van der Waals surface area contributed by atoms with E-state index in [4.69, 9.17) is 9.84 Å². The summed E-state index contributed by atoms with van der Waals surface area (Å²) in [6, 6.07) is 10.1. The number of nitrogens with one attached hydrogen (secondary N) is 1. The predicted molar refractivity (Wildman–Crippen MR) is 112 cm³/mol. The SMILES string of the molecule is CC(C)(C)OC(=O)N[C@H](CCN1CCC(C(=O)O)CC1)CSc1ccccc1. The first kappa shape index (κ1) is 22.6. The molecule has 0 saturated carbocycles. The van der Waals surface area contributed by atoms with Gasteiger partial charge in [-0.05, 0) is 65.3 Å². The Morgan fingerprint density at radius 3 is 2.46 bits per heavy atom. The molecule has 6 nitrogen and oxygen atoms in total. The molecular weight excluding hydrogens is 376 g/mol. The van der Waals surface area contributed by atoms with E-state index < -0.39 is 17.7 Å². The normalized spacial score (nSPS) is 17.1. The van der Waals surface area contributed by atoms with Gasteiger partial charge in [-0.15, -0.1) is 11.8 Å². The first-order valence-corrected chi connectivity index (χ1v) is 10.8. The van der Waals surface area contributed by atoms with Gasteiger partial charge in [-0.2, -0.15) is 0 Å². The predicted octanol–water partition coefficient (Wildman–Crippen LogP) is 3.86. The van der Waals surface area contributed by atoms with Crippen molar-refractivity contribution < 1.29 is 19.4 Å². The lowest BCUT2D eigenvalue weighted by Gasteiger charge is -2.31. The Balaban J connectivity index is 1.86. The smallest absolute Gasteiger partial charge is 0.407 e. The fourth-order valence-corrected chi connectivity index (χ4v) is 4.12. The van der Waals surface area contributed by atoms with E-state index in [1.807, 2.05) is 39.0 Å². The molecule has 1 aliphatic heterocycles. The Hall–Kier alpha value is -1.73. The van der Waals surface area contributed by atoms with Crippen molar-refractivity contribution >= 4 is 23.8 Å². The zero-order valence-electron chi connectivity index (χ0n) is 17.0. The van der Waals surface area contributed by atoms with Gasteiger partial charge in [0.1, 0.15) is 5.60 Å². The molecule has 0 spiro atoms. The van der Waals surface area contributed by atoms with Gasteiger partial charge in [0.2, 0.25) is 0 Å². The second kappa shape index (κ2) is 10.7. The van der Waals surface area contributed by atoms with Crippen molar-refractivity contribution in [1.82, 2.24) is 10.2 Å². The molecule has 1 aromatic rings. The topological polar surface area (TPSA) is 78.9 Å². The molecule has 0 aliphatic carbocycles. The van der Waals surface area contributed by atoms with Crippen LogP contribution in [0.25, 0.3) is 0 Å². The molecule has 0 radical (unpaired) electrons. The van der Waals surface area contributed by atoms with Gasteiger partial charge in [-0.25, -0.2) is 4.79 Å². The number of carbonyl (C=O) groups is 2. The minimum atomic E-state index is -0.691. The molecule has 1 saturated heterocycles. The second-order valence-electron chi connectivity index (χ2n) is 8.21. The summed E-state index contributed by atoms with van der Waals surface area (Å²) in [5.41, 5.74) is -0.528. The number of ether oxygens (including phenoxy) is 1. The van der Waals surface area contributed by atoms with Gasteiger partial charge in [0.05, 0.1) is 5.92 Å². The number of hydrogen-bond acceptors (Lipinski definition) is 5. The molecule has 1 aromatic carbocycles. The Bertz CT molecular complexity index is 625. The monoisotopic (exact) mass is 408 g/mol. The number of thioether (sulfide) groups is 1. The van der Waals surface area contributed by atoms with Crippen LogP contribution >= 0.6 is 11.8 Å². The third kappa shape index (κ3) is 8.52. The van der Waals surface area contributed by atoms with Gasteiger partial charge in [-0.3, -0.25) is 4.79 Å². The Morgan fingerprint density at radius 1 is 1.25 bits per heavy atom. The van der Waals surface area contributed by atoms with Gasteiger partial charge in [0, 0.05) is 23.2 Å². The maximum absolute atomic E-state index is 12.2. The summed E-state index contributed by atoms with van der Waals surface area (Å²) in [5.74, 6) is -0.154. The van der Waals surface area contributed by atoms with Crippen molar-refractivity contribution in [3.05, 3.63) is 30.3 Å². The van der Waals surface area contributed by atoms with E-state index in [9.17, 15) is 9.59 Å². The Labute approximate surface area is 172 Å². The molecule has 156 valence electrons. The van der Waals surface area contributed by atoms with Crippen molar-refractivity contribution in [2.45, 2.75) is 56.6 Å². The quantitative estimate of drug-likeness (QED) is 0.636. The van der Waals surface area contributed by atoms with Gasteiger partial charge in [0.25, 0.3) is 0 Å². The fourth-order valence-electron chi connectivity index (χ4n) is 3.13. The number of carboxylic acid groups (broad SMARTS) is 1. The lowest BCUT2D eigenvalue weighted by molar-refractivity contribution is -0.143. The van der Waals surface area contributed by atoms with E-state index in [-0.39, 0.29) is 12.0 Å². The maximum atomic E-state index is 12.2. The average Bonchev–Trinajstić information content (AvgIpc) is 2.63. The number of rotatable bonds is 8. The lowest BCUT2D eigenvalue weighted by Crippen LogP contribution is -2.43. The van der Waals surface area contributed by atoms with E-state index in [0.717, 1.165) is 31.8 Å². The van der Waals surface area contributed by atoms with Crippen LogP contribution in [-0.4, -0.2) is 59.1 Å². The minimum absolute atomic E-state index is 0.0164. The summed E-state index contributed by atoms with van der Waals surface area (Å²) in [6.45, 7) is 7.98. The molecule has 1 aliphatic rings. The van der Waals surface area contributed by atoms with Crippen LogP contribution in [0.1, 0.15) is 40.0 Å². The number of piperidine rings is 1. The number of aliphatic carboxylic acids is 1. The Kier molecular flexibility index (Phi) is 8.63. The first-order chi connectivity index (χ1) is 13.2. The van der Waals surface area contributed by atoms with E-state index in [2.05, 4.69) is 22.3 Å². The summed E-state index contributed by atoms with van der Waals surface area (Å²) in [4.78, 5) is 26.8. The van der Waals surface area contributed by atoms with Crippen LogP contribution in [0.3, 0.4) is 0 Å². The van der Waals surface area contributed by atoms with E-state index >= 15 is 0 Å². The number of hydrogen-bond donors (Lipinski definition) is 2. The van der Waals surface area contributed by atoms with Crippen molar-refractivity contribution in [2.24, 2.45) is 5.92 Å². The molecule has 28 heavy (non-hydrogen) atoms. The van der Waals surface area contributed by atoms with Crippen LogP contribution < -0.4 is 5.32 Å². The fraction of sp³-hybridized carbons (Fsp3) is 0.619. The molecule has 2 rings (SSSR count). The second-order valence-corrected chi connectivity index (χ2v) is 9.30. The van der Waals surface area contributed by atoms with Gasteiger partial charge in [0.15, 0.2) is 0 Å². The minimum Gasteiger partial charge on any atom is -0.481 e. The summed E-state index contributed by atoms with van der Waals surface area (Å²) < 4.78 is 5.41. The third-order valence-electron chi connectivity index (χ3n) is 4.65. The molecular formula is C21H32N2O4S. The van der Waals surface area contributed by atoms with Gasteiger partial charge in [-0.1, -0.05) is 18.2 Å². The van der Waals surface area contributed by atoms with Crippen LogP contribution in [0.15, 0.2) is 35.2 Å². The van der Waals surface area contributed by atoms with Crippen LogP contribution in [-0.2, 0) is 9.53 Å². The number of alkyl carbamates (subject to hydrolysis) is 1. The number of benzene rings is 1. The number of amides is 1. The van der Waals surface area contributed by atoms with Crippen LogP contribution in [0.4, 0.5) is 4.79 Å². The number of likely N-dealkylation sites (tertiary alicyclic amines) is 1. The van der Waals surface area contributed by atoms with Crippen molar-refractivity contribution in [3.63, 3.8) is 0 Å². The highest BCUT2D eigenvalue weighted by Crippen LogP contribution is 2.21. The molecule has 0 bridgehead atoms. The summed E-state index contributed by atoms with van der Waals surface area (Å²) in [7, 11) is 0. The highest BCUT2D eigenvalue weighted by Gasteiger charge is 2.25. The zero-order valence-corrected chi connectivity index (χ0v) is 17.8. The number of carboxylic acids is 1. The summed E-state index contributed by atoms with van der Waals surface area (Å²) in [6.07, 6.45) is 1.80. The molecule has 0 aromatic heterocycles. The summed E-state index contributed by atoms with van der Waals surface area (Å²) >= 11 is 1.71. The average molecular weight is 409 g/mol. The molecule has 1 heterocycles. The summed E-state index contributed by atoms with van der Waals surface area (Å²) in [5, 5.41) is 12.1. The van der Waals surface area contributed by atoms with E-state index in [1.165, 1.54) is 4.90 Å². The largest absolute Gasteiger partial charge is 0.481 e. The zero-order chi connectivity index (χ0) is 20.6. The van der Waals surface area contributed by atoms with Crippen LogP contribution in [0, 0.1) is 5.92 Å². The standard InChI is InChI=1S/C21H32N2O4S/c1-21(2,3)27-20(26)22-17(15-28-18-7-5-4-6-8-18)11-14-23-12-9-16(10-13-23)19(24)25/h4-8,16-17H,9-15H2,1-3H3,(H,22,26)(H,24,25)/t17-/m1/s1. The van der Waals surface area contributed by atoms with Crippen molar-refractivity contribution in [3.8, 4) is 0 Å². The molecule has 1 amide bonds. The van der Waals surface area contributed by atoms with Gasteiger partial charge < -0.3 is 20.1 Å². The Morgan fingerprint density at radius 2 is 1.89 bits per heavy atom. The number of carbonyl (C=O) groups excluding carboxylic acids is 1. The number of nitrogens with zero attached hydrogens (tertiary/aromatic N) is 1. The van der Waals surface area contributed by atoms with E-state index in [1.54, 1.807) is 11.8 Å². The first-order valence-electron chi connectivity index (χ1n) is 9.85. The highest BCUT2D eigenvalue weighted by atomic mass is 32.2. The van der Waals surface area contributed by atoms with Crippen molar-refractivity contribution in [2.75, 3.05) is 25.4 Å². The van der Waals surface area contributed by atoms with Crippen LogP contribution in [0.2, 0.25) is 0 Å². The van der Waals surface area contributed by atoms with Gasteiger partial charge >= 0.3 is 12.1 Å². The van der Waals surface area contributed by atoms with Crippen molar-refractivity contribution in [1.29, 1.82) is 0 Å². The highest BCUT2D eigenvalue weighted by molar-refractivity contribution is 7.99. The molecule has 2 N–H and O–H groups in total. The van der Waals surface area contributed by atoms with E-state index in [0.29, 0.717) is 12.8 Å². The lowest BCUT2D eigenvalue weighted by atomic mass is 9.97. The maximum Gasteiger partial charge on any atom is 0.407 e. The molecule has 7 heteroatoms.